The maximum absolute atomic E-state index is 12.5. The summed E-state index contributed by atoms with van der Waals surface area (Å²) in [6.45, 7) is 1.60. The fraction of sp³-hybridized carbons (Fsp3) is 0.333. The lowest BCUT2D eigenvalue weighted by atomic mass is 9.95. The SMILES string of the molecule is CNC(=O)c1ccc(CNC(=O)C2CCN(c3ccccc3[N+](=O)[O-])CC2)cc1. The Morgan fingerprint density at radius 1 is 1.10 bits per heavy atom. The van der Waals surface area contributed by atoms with Gasteiger partial charge in [-0.15, -0.1) is 0 Å². The van der Waals surface area contributed by atoms with E-state index in [1.54, 1.807) is 37.4 Å². The van der Waals surface area contributed by atoms with E-state index in [1.165, 1.54) is 6.07 Å². The lowest BCUT2D eigenvalue weighted by Gasteiger charge is -2.32. The summed E-state index contributed by atoms with van der Waals surface area (Å²) in [5, 5.41) is 16.7. The first kappa shape index (κ1) is 20.3. The molecule has 3 rings (SSSR count). The van der Waals surface area contributed by atoms with E-state index < -0.39 is 0 Å². The summed E-state index contributed by atoms with van der Waals surface area (Å²) in [6.07, 6.45) is 1.29. The monoisotopic (exact) mass is 396 g/mol. The molecule has 0 radical (unpaired) electrons. The van der Waals surface area contributed by atoms with Crippen LogP contribution in [0.3, 0.4) is 0 Å². The molecule has 2 aromatic rings. The minimum Gasteiger partial charge on any atom is -0.366 e. The molecule has 29 heavy (non-hydrogen) atoms. The Bertz CT molecular complexity index is 890. The van der Waals surface area contributed by atoms with Crippen molar-refractivity contribution in [2.24, 2.45) is 5.92 Å². The van der Waals surface area contributed by atoms with Crippen LogP contribution in [-0.4, -0.2) is 36.9 Å². The van der Waals surface area contributed by atoms with Gasteiger partial charge >= 0.3 is 0 Å². The van der Waals surface area contributed by atoms with Crippen LogP contribution in [0.4, 0.5) is 11.4 Å². The van der Waals surface area contributed by atoms with Gasteiger partial charge in [-0.25, -0.2) is 0 Å². The molecule has 1 aliphatic rings. The van der Waals surface area contributed by atoms with E-state index in [0.717, 1.165) is 5.56 Å². The molecule has 2 N–H and O–H groups in total. The van der Waals surface area contributed by atoms with Crippen molar-refractivity contribution in [2.75, 3.05) is 25.0 Å². The molecule has 1 heterocycles. The van der Waals surface area contributed by atoms with Crippen LogP contribution in [0, 0.1) is 16.0 Å². The summed E-state index contributed by atoms with van der Waals surface area (Å²) in [7, 11) is 1.58. The maximum Gasteiger partial charge on any atom is 0.292 e. The third kappa shape index (κ3) is 4.90. The molecule has 0 atom stereocenters. The van der Waals surface area contributed by atoms with E-state index >= 15 is 0 Å². The largest absolute Gasteiger partial charge is 0.366 e. The number of hydrogen-bond donors (Lipinski definition) is 2. The zero-order valence-corrected chi connectivity index (χ0v) is 16.3. The van der Waals surface area contributed by atoms with Gasteiger partial charge in [-0.1, -0.05) is 24.3 Å². The molecular formula is C21H24N4O4. The number of carbonyl (C=O) groups is 2. The van der Waals surface area contributed by atoms with Gasteiger partial charge in [0.05, 0.1) is 4.92 Å². The molecule has 0 aromatic heterocycles. The molecule has 2 amide bonds. The Hall–Kier alpha value is -3.42. The predicted molar refractivity (Wildman–Crippen MR) is 110 cm³/mol. The summed E-state index contributed by atoms with van der Waals surface area (Å²) in [5.41, 5.74) is 2.19. The van der Waals surface area contributed by atoms with Crippen LogP contribution in [0.15, 0.2) is 48.5 Å². The fourth-order valence-electron chi connectivity index (χ4n) is 3.52. The van der Waals surface area contributed by atoms with Crippen molar-refractivity contribution in [1.29, 1.82) is 0 Å². The van der Waals surface area contributed by atoms with E-state index in [-0.39, 0.29) is 28.3 Å². The lowest BCUT2D eigenvalue weighted by Crippen LogP contribution is -2.40. The summed E-state index contributed by atoms with van der Waals surface area (Å²) in [4.78, 5) is 36.9. The molecule has 1 aliphatic heterocycles. The number of benzene rings is 2. The summed E-state index contributed by atoms with van der Waals surface area (Å²) < 4.78 is 0. The second kappa shape index (κ2) is 9.18. The number of piperidine rings is 1. The topological polar surface area (TPSA) is 105 Å². The lowest BCUT2D eigenvalue weighted by molar-refractivity contribution is -0.384. The van der Waals surface area contributed by atoms with Crippen LogP contribution in [-0.2, 0) is 11.3 Å². The van der Waals surface area contributed by atoms with Crippen molar-refractivity contribution in [1.82, 2.24) is 10.6 Å². The van der Waals surface area contributed by atoms with E-state index in [0.29, 0.717) is 43.7 Å². The quantitative estimate of drug-likeness (QED) is 0.577. The second-order valence-electron chi connectivity index (χ2n) is 7.00. The Morgan fingerprint density at radius 3 is 2.38 bits per heavy atom. The number of carbonyl (C=O) groups excluding carboxylic acids is 2. The van der Waals surface area contributed by atoms with Crippen LogP contribution >= 0.6 is 0 Å². The minimum absolute atomic E-state index is 0.0115. The molecule has 8 heteroatoms. The Balaban J connectivity index is 1.52. The predicted octanol–water partition coefficient (Wildman–Crippen LogP) is 2.49. The number of para-hydroxylation sites is 2. The average Bonchev–Trinajstić information content (AvgIpc) is 2.77. The third-order valence-electron chi connectivity index (χ3n) is 5.19. The number of hydrogen-bond acceptors (Lipinski definition) is 5. The van der Waals surface area contributed by atoms with Crippen molar-refractivity contribution in [3.8, 4) is 0 Å². The normalized spacial score (nSPS) is 14.3. The Labute approximate surface area is 169 Å². The van der Waals surface area contributed by atoms with E-state index in [4.69, 9.17) is 0 Å². The fourth-order valence-corrected chi connectivity index (χ4v) is 3.52. The molecular weight excluding hydrogens is 372 g/mol. The van der Waals surface area contributed by atoms with Gasteiger partial charge in [0.25, 0.3) is 11.6 Å². The van der Waals surface area contributed by atoms with Gasteiger partial charge in [0.1, 0.15) is 5.69 Å². The van der Waals surface area contributed by atoms with Crippen LogP contribution in [0.1, 0.15) is 28.8 Å². The Morgan fingerprint density at radius 2 is 1.76 bits per heavy atom. The number of nitrogens with zero attached hydrogens (tertiary/aromatic N) is 2. The van der Waals surface area contributed by atoms with Gasteiger partial charge in [0.15, 0.2) is 0 Å². The van der Waals surface area contributed by atoms with E-state index in [9.17, 15) is 19.7 Å². The molecule has 1 fully saturated rings. The molecule has 0 aliphatic carbocycles. The van der Waals surface area contributed by atoms with Crippen LogP contribution in [0.25, 0.3) is 0 Å². The van der Waals surface area contributed by atoms with Gasteiger partial charge in [0.2, 0.25) is 5.91 Å². The highest BCUT2D eigenvalue weighted by molar-refractivity contribution is 5.93. The van der Waals surface area contributed by atoms with Crippen molar-refractivity contribution in [3.05, 3.63) is 69.8 Å². The second-order valence-corrected chi connectivity index (χ2v) is 7.00. The van der Waals surface area contributed by atoms with Crippen molar-refractivity contribution in [3.63, 3.8) is 0 Å². The first-order valence-electron chi connectivity index (χ1n) is 9.56. The average molecular weight is 396 g/mol. The number of nitro groups is 1. The first-order chi connectivity index (χ1) is 14.0. The number of rotatable bonds is 6. The van der Waals surface area contributed by atoms with E-state index in [1.807, 2.05) is 17.0 Å². The maximum atomic E-state index is 12.5. The standard InChI is InChI=1S/C21H24N4O4/c1-22-20(26)16-8-6-15(7-9-16)14-23-21(27)17-10-12-24(13-11-17)18-4-2-3-5-19(18)25(28)29/h2-9,17H,10-14H2,1H3,(H,22,26)(H,23,27). The first-order valence-corrected chi connectivity index (χ1v) is 9.56. The van der Waals surface area contributed by atoms with Crippen LogP contribution in [0.5, 0.6) is 0 Å². The highest BCUT2D eigenvalue weighted by atomic mass is 16.6. The van der Waals surface area contributed by atoms with E-state index in [2.05, 4.69) is 10.6 Å². The molecule has 0 bridgehead atoms. The molecule has 152 valence electrons. The summed E-state index contributed by atoms with van der Waals surface area (Å²) in [5.74, 6) is -0.271. The summed E-state index contributed by atoms with van der Waals surface area (Å²) in [6, 6.07) is 13.8. The zero-order chi connectivity index (χ0) is 20.8. The smallest absolute Gasteiger partial charge is 0.292 e. The molecule has 0 spiro atoms. The molecule has 2 aromatic carbocycles. The van der Waals surface area contributed by atoms with Gasteiger partial charge in [-0.05, 0) is 36.6 Å². The Kier molecular flexibility index (Phi) is 6.43. The van der Waals surface area contributed by atoms with Gasteiger partial charge in [0, 0.05) is 44.2 Å². The highest BCUT2D eigenvalue weighted by Gasteiger charge is 2.27. The number of nitrogens with one attached hydrogen (secondary N) is 2. The van der Waals surface area contributed by atoms with Gasteiger partial charge in [-0.2, -0.15) is 0 Å². The van der Waals surface area contributed by atoms with Crippen molar-refractivity contribution >= 4 is 23.2 Å². The van der Waals surface area contributed by atoms with Gasteiger partial charge in [-0.3, -0.25) is 19.7 Å². The molecule has 1 saturated heterocycles. The van der Waals surface area contributed by atoms with Crippen LogP contribution in [0.2, 0.25) is 0 Å². The molecule has 8 nitrogen and oxygen atoms in total. The third-order valence-corrected chi connectivity index (χ3v) is 5.19. The molecule has 0 unspecified atom stereocenters. The highest BCUT2D eigenvalue weighted by Crippen LogP contribution is 2.31. The van der Waals surface area contributed by atoms with Crippen molar-refractivity contribution in [2.45, 2.75) is 19.4 Å². The van der Waals surface area contributed by atoms with Gasteiger partial charge < -0.3 is 15.5 Å². The zero-order valence-electron chi connectivity index (χ0n) is 16.3. The minimum atomic E-state index is -0.371. The number of nitro benzene ring substituents is 1. The molecule has 0 saturated carbocycles. The number of amides is 2. The summed E-state index contributed by atoms with van der Waals surface area (Å²) >= 11 is 0. The van der Waals surface area contributed by atoms with Crippen LogP contribution < -0.4 is 15.5 Å². The van der Waals surface area contributed by atoms with Crippen molar-refractivity contribution < 1.29 is 14.5 Å². The number of anilines is 1.